The molecule has 6 aliphatic rings. The number of hydrogen-bond acceptors (Lipinski definition) is 39. The number of hydrazine groups is 1. The van der Waals surface area contributed by atoms with Crippen LogP contribution in [0.15, 0.2) is 0 Å². The fourth-order valence-electron chi connectivity index (χ4n) is 14.8. The van der Waals surface area contributed by atoms with E-state index in [0.29, 0.717) is 45.2 Å². The first kappa shape index (κ1) is 107. The monoisotopic (exact) mass is 1740 g/mol. The van der Waals surface area contributed by atoms with E-state index in [2.05, 4.69) is 16.2 Å². The molecule has 0 aromatic heterocycles. The average molecular weight is 1740 g/mol. The maximum Gasteiger partial charge on any atom is 0.234 e. The highest BCUT2D eigenvalue weighted by molar-refractivity contribution is 5.82. The van der Waals surface area contributed by atoms with E-state index in [0.717, 1.165) is 141 Å². The van der Waals surface area contributed by atoms with Crippen molar-refractivity contribution in [1.82, 2.24) is 16.2 Å². The highest BCUT2D eigenvalue weighted by Gasteiger charge is 2.55. The number of ketones is 3. The number of Topliss-reactive ketones (excluding diaryl/α,β-unsaturated/α-hetero) is 3. The number of aliphatic hydroxyl groups excluding tert-OH is 20. The molecule has 0 bridgehead atoms. The first-order chi connectivity index (χ1) is 57.5. The van der Waals surface area contributed by atoms with Crippen LogP contribution < -0.4 is 21.9 Å². The molecule has 6 rings (SSSR count). The number of nitrogens with one attached hydrogen (secondary N) is 3. The smallest absolute Gasteiger partial charge is 0.234 e. The van der Waals surface area contributed by atoms with E-state index in [1.165, 1.54) is 6.92 Å². The van der Waals surface area contributed by atoms with Crippen LogP contribution in [0.2, 0.25) is 0 Å². The highest BCUT2D eigenvalue weighted by Crippen LogP contribution is 2.35. The lowest BCUT2D eigenvalue weighted by atomic mass is 9.96. The van der Waals surface area contributed by atoms with Gasteiger partial charge in [0.05, 0.1) is 58.9 Å². The molecule has 0 saturated carbocycles. The number of amides is 2. The molecule has 41 nitrogen and oxygen atoms in total. The molecule has 0 spiro atoms. The number of carbonyl (C=O) groups excluding carboxylic acids is 5. The second-order valence-corrected chi connectivity index (χ2v) is 31.9. The van der Waals surface area contributed by atoms with E-state index < -0.39 is 230 Å². The topological polar surface area (TPSA) is 663 Å². The summed E-state index contributed by atoms with van der Waals surface area (Å²) >= 11 is 0. The quantitative estimate of drug-likeness (QED) is 0.0200. The molecular weight excluding hydrogens is 1600 g/mol. The minimum atomic E-state index is -1.88. The molecule has 31 atom stereocenters. The lowest BCUT2D eigenvalue weighted by molar-refractivity contribution is -0.366. The number of aliphatic hydroxyl groups is 20. The van der Waals surface area contributed by atoms with Crippen LogP contribution in [-0.4, -0.2) is 388 Å². The van der Waals surface area contributed by atoms with E-state index in [9.17, 15) is 126 Å². The fourth-order valence-corrected chi connectivity index (χ4v) is 14.8. The Labute approximate surface area is 700 Å². The van der Waals surface area contributed by atoms with Crippen LogP contribution >= 0.6 is 0 Å². The first-order valence-corrected chi connectivity index (χ1v) is 43.1. The van der Waals surface area contributed by atoms with Gasteiger partial charge in [-0.3, -0.25) is 29.4 Å². The van der Waals surface area contributed by atoms with Crippen LogP contribution in [0.25, 0.3) is 0 Å². The molecule has 0 aliphatic carbocycles. The second kappa shape index (κ2) is 58.9. The molecule has 120 heavy (non-hydrogen) atoms. The lowest BCUT2D eigenvalue weighted by Crippen LogP contribution is -2.65. The van der Waals surface area contributed by atoms with E-state index in [4.69, 9.17) is 62.6 Å². The van der Waals surface area contributed by atoms with Gasteiger partial charge in [0, 0.05) is 45.1 Å². The molecule has 6 aliphatic heterocycles. The lowest BCUT2D eigenvalue weighted by Gasteiger charge is -2.46. The minimum Gasteiger partial charge on any atom is -0.394 e. The van der Waals surface area contributed by atoms with Crippen LogP contribution in [0.1, 0.15) is 213 Å². The van der Waals surface area contributed by atoms with E-state index >= 15 is 0 Å². The Morgan fingerprint density at radius 2 is 0.617 bits per heavy atom. The standard InChI is InChI=1S/C42H77N3O19.C37H67NO18/c1-24(48)26(17-12-13-19-43)44-45-30(50)18-11-9-7-5-3-2-4-6-8-10-15-25(49)16-14-20-59-41-38(58)39(64-42-37(57)35(55)32(52)28(22-47)62-42)33(53)29(63-41)23-60-40-36(56)34(54)31(51)27(21-46)61-40;1-2-38-25(42)16-12-10-8-6-4-3-5-7-9-11-14-21(41)15-13-17-51-36-33(50)34(56-37-32(49)30(47)27(44)23(19-40)54-37)28(45)24(55-36)20-52-35-31(48)29(46)26(43)22(18-39)53-35/h26-29,31-42,44,46-47,51-58H,2-23,43H2,1H3,(H,45,50);22-24,26-37,39-40,43-50H,2-20H2,1H3,(H,38,42)/t26-,27+,28+,29+,31+,32+,33+,34-,35-,36-,37-,38-,39-,40-,41-,42+;22-,23-,24-,26-,27-,28-,29+,30+,31+,32+,33+,34+,35+,36+,37-/m01/s1. The average Bonchev–Trinajstić information content (AvgIpc) is 0.790. The summed E-state index contributed by atoms with van der Waals surface area (Å²) in [4.78, 5) is 60.6. The molecule has 702 valence electrons. The zero-order valence-corrected chi connectivity index (χ0v) is 69.4. The molecule has 0 unspecified atom stereocenters. The molecule has 41 heteroatoms. The maximum absolute atomic E-state index is 12.6. The normalized spacial score (nSPS) is 35.0. The molecule has 6 saturated heterocycles. The van der Waals surface area contributed by atoms with Crippen molar-refractivity contribution in [2.45, 2.75) is 403 Å². The van der Waals surface area contributed by atoms with Crippen LogP contribution in [0.4, 0.5) is 0 Å². The van der Waals surface area contributed by atoms with Gasteiger partial charge in [-0.1, -0.05) is 109 Å². The molecule has 0 aromatic carbocycles. The first-order valence-electron chi connectivity index (χ1n) is 43.1. The molecule has 0 radical (unpaired) electrons. The van der Waals surface area contributed by atoms with Gasteiger partial charge in [0.1, 0.15) is 164 Å². The van der Waals surface area contributed by atoms with Gasteiger partial charge in [-0.25, -0.2) is 5.43 Å². The van der Waals surface area contributed by atoms with Crippen molar-refractivity contribution >= 4 is 29.2 Å². The van der Waals surface area contributed by atoms with Crippen LogP contribution in [0, 0.1) is 0 Å². The summed E-state index contributed by atoms with van der Waals surface area (Å²) in [5.74, 6) is 0.0588. The van der Waals surface area contributed by atoms with Gasteiger partial charge >= 0.3 is 0 Å². The summed E-state index contributed by atoms with van der Waals surface area (Å²) < 4.78 is 67.1. The molecule has 25 N–H and O–H groups in total. The Balaban J connectivity index is 0.000000431. The zero-order chi connectivity index (χ0) is 88.4. The summed E-state index contributed by atoms with van der Waals surface area (Å²) in [6.45, 7) is 0.406. The summed E-state index contributed by atoms with van der Waals surface area (Å²) in [7, 11) is 0. The third-order valence-electron chi connectivity index (χ3n) is 22.3. The van der Waals surface area contributed by atoms with Gasteiger partial charge < -0.3 is 170 Å². The SMILES string of the molecule is CC(=O)[C@H](CCCCN)NNC(=O)CCCCCCCCCCCCC(=O)CCCO[C@H]1O[C@H](CO[C@H]2O[C@H](CO)[C@@H](O)[C@H](O)[C@@H]2O)[C@@H](O)[C@H](O[C@H]2O[C@H](CO)[C@@H](O)[C@H](O)[C@@H]2O)[C@@H]1O.CCNC(=O)CCCCCCCCCCCCC(=O)CCCO[C@H]1O[C@H](CO[C@H]2O[C@H](CO)[C@@H](O)[C@H](O)[C@@H]2O)[C@@H](O)[C@H](O[C@H]2O[C@H](CO)[C@@H](O)[C@H](O)[C@@H]2O)[C@@H]1O. The van der Waals surface area contributed by atoms with Crippen LogP contribution in [-0.2, 0) is 80.8 Å². The van der Waals surface area contributed by atoms with Gasteiger partial charge in [-0.05, 0) is 71.8 Å². The Hall–Kier alpha value is -3.41. The number of unbranched alkanes of at least 4 members (excludes halogenated alkanes) is 19. The number of rotatable bonds is 58. The zero-order valence-electron chi connectivity index (χ0n) is 69.4. The Bertz CT molecular complexity index is 2780. The Kier molecular flexibility index (Phi) is 52.5. The van der Waals surface area contributed by atoms with Crippen molar-refractivity contribution in [3.63, 3.8) is 0 Å². The number of nitrogens with two attached hydrogens (primary N) is 1. The van der Waals surface area contributed by atoms with E-state index in [1.807, 2.05) is 6.92 Å². The number of hydrogen-bond donors (Lipinski definition) is 24. The van der Waals surface area contributed by atoms with Gasteiger partial charge in [-0.2, -0.15) is 0 Å². The van der Waals surface area contributed by atoms with Crippen molar-refractivity contribution in [1.29, 1.82) is 0 Å². The molecule has 0 aromatic rings. The molecule has 6 fully saturated rings. The molecule has 6 heterocycles. The molecular formula is C79H144N4O37. The van der Waals surface area contributed by atoms with E-state index in [1.54, 1.807) is 0 Å². The van der Waals surface area contributed by atoms with E-state index in [-0.39, 0.29) is 68.1 Å². The van der Waals surface area contributed by atoms with Gasteiger partial charge in [0.15, 0.2) is 37.7 Å². The third-order valence-corrected chi connectivity index (χ3v) is 22.3. The maximum atomic E-state index is 12.6. The summed E-state index contributed by atoms with van der Waals surface area (Å²) in [5, 5.41) is 209. The van der Waals surface area contributed by atoms with Crippen molar-refractivity contribution < 1.29 is 183 Å². The van der Waals surface area contributed by atoms with Crippen LogP contribution in [0.5, 0.6) is 0 Å². The van der Waals surface area contributed by atoms with Gasteiger partial charge in [0.2, 0.25) is 11.8 Å². The van der Waals surface area contributed by atoms with Crippen molar-refractivity contribution in [2.24, 2.45) is 5.73 Å². The van der Waals surface area contributed by atoms with Crippen molar-refractivity contribution in [3.05, 3.63) is 0 Å². The number of carbonyl (C=O) groups is 5. The van der Waals surface area contributed by atoms with Crippen molar-refractivity contribution in [3.8, 4) is 0 Å². The van der Waals surface area contributed by atoms with Crippen molar-refractivity contribution in [2.75, 3.05) is 65.9 Å². The summed E-state index contributed by atoms with van der Waals surface area (Å²) in [6, 6.07) is -0.400. The summed E-state index contributed by atoms with van der Waals surface area (Å²) in [6.07, 6.45) is -23.9. The second-order valence-electron chi connectivity index (χ2n) is 31.9. The minimum absolute atomic E-state index is 0.0187. The van der Waals surface area contributed by atoms with Gasteiger partial charge in [0.25, 0.3) is 0 Å². The van der Waals surface area contributed by atoms with Crippen LogP contribution in [0.3, 0.4) is 0 Å². The Morgan fingerprint density at radius 3 is 0.942 bits per heavy atom. The highest BCUT2D eigenvalue weighted by atomic mass is 16.8. The Morgan fingerprint density at radius 1 is 0.325 bits per heavy atom. The summed E-state index contributed by atoms with van der Waals surface area (Å²) in [5.41, 5.74) is 11.0. The predicted octanol–water partition coefficient (Wildman–Crippen LogP) is -5.19. The molecule has 2 amide bonds. The van der Waals surface area contributed by atoms with Gasteiger partial charge in [-0.15, -0.1) is 0 Å². The fraction of sp³-hybridized carbons (Fsp3) is 0.937. The predicted molar refractivity (Wildman–Crippen MR) is 417 cm³/mol. The number of ether oxygens (including phenoxy) is 12. The third kappa shape index (κ3) is 35.7. The largest absolute Gasteiger partial charge is 0.394 e.